The first-order chi connectivity index (χ1) is 9.81. The normalized spacial score (nSPS) is 16.1. The molecule has 1 fully saturated rings. The van der Waals surface area contributed by atoms with Crippen LogP contribution < -0.4 is 5.32 Å². The summed E-state index contributed by atoms with van der Waals surface area (Å²) in [4.78, 5) is 25.4. The van der Waals surface area contributed by atoms with Crippen molar-refractivity contribution in [2.45, 2.75) is 59.4 Å². The molecule has 1 unspecified atom stereocenters. The molecule has 1 aliphatic rings. The monoisotopic (exact) mass is 298 g/mol. The molecule has 0 spiro atoms. The van der Waals surface area contributed by atoms with Crippen LogP contribution in [-0.2, 0) is 4.79 Å². The molecule has 0 heterocycles. The van der Waals surface area contributed by atoms with Crippen LogP contribution in [0.15, 0.2) is 0 Å². The average Bonchev–Trinajstić information content (AvgIpc) is 3.18. The predicted molar refractivity (Wildman–Crippen MR) is 83.2 cm³/mol. The molecule has 0 aliphatic heterocycles. The van der Waals surface area contributed by atoms with Crippen molar-refractivity contribution >= 4 is 12.0 Å². The number of carboxylic acid groups (broad SMARTS) is 1. The molecule has 1 aliphatic carbocycles. The van der Waals surface area contributed by atoms with E-state index in [0.29, 0.717) is 24.9 Å². The van der Waals surface area contributed by atoms with Crippen LogP contribution in [0, 0.1) is 17.8 Å². The summed E-state index contributed by atoms with van der Waals surface area (Å²) in [5, 5.41) is 11.9. The zero-order chi connectivity index (χ0) is 16.0. The Labute approximate surface area is 128 Å². The van der Waals surface area contributed by atoms with Gasteiger partial charge in [0, 0.05) is 13.1 Å². The van der Waals surface area contributed by atoms with Gasteiger partial charge in [0.1, 0.15) is 6.04 Å². The number of carboxylic acids is 1. The average molecular weight is 298 g/mol. The number of carbonyl (C=O) groups is 2. The van der Waals surface area contributed by atoms with Gasteiger partial charge in [0.05, 0.1) is 0 Å². The van der Waals surface area contributed by atoms with E-state index in [9.17, 15) is 14.7 Å². The molecule has 122 valence electrons. The van der Waals surface area contributed by atoms with Gasteiger partial charge in [-0.05, 0) is 43.4 Å². The van der Waals surface area contributed by atoms with Gasteiger partial charge in [-0.1, -0.05) is 27.7 Å². The van der Waals surface area contributed by atoms with Crippen molar-refractivity contribution in [2.75, 3.05) is 13.1 Å². The Kier molecular flexibility index (Phi) is 6.99. The van der Waals surface area contributed by atoms with Gasteiger partial charge in [-0.3, -0.25) is 0 Å². The summed E-state index contributed by atoms with van der Waals surface area (Å²) in [7, 11) is 0. The van der Waals surface area contributed by atoms with Crippen LogP contribution in [0.3, 0.4) is 0 Å². The highest BCUT2D eigenvalue weighted by Gasteiger charge is 2.37. The lowest BCUT2D eigenvalue weighted by molar-refractivity contribution is -0.139. The molecule has 1 saturated carbocycles. The fourth-order valence-corrected chi connectivity index (χ4v) is 2.18. The Morgan fingerprint density at radius 2 is 1.57 bits per heavy atom. The van der Waals surface area contributed by atoms with E-state index in [1.165, 1.54) is 0 Å². The van der Waals surface area contributed by atoms with Gasteiger partial charge in [-0.25, -0.2) is 9.59 Å². The summed E-state index contributed by atoms with van der Waals surface area (Å²) in [6.07, 6.45) is 3.67. The number of amides is 2. The molecule has 0 aromatic rings. The van der Waals surface area contributed by atoms with E-state index >= 15 is 0 Å². The lowest BCUT2D eigenvalue weighted by atomic mass is 10.1. The Morgan fingerprint density at radius 1 is 1.10 bits per heavy atom. The summed E-state index contributed by atoms with van der Waals surface area (Å²) < 4.78 is 0. The molecule has 5 nitrogen and oxygen atoms in total. The van der Waals surface area contributed by atoms with Gasteiger partial charge < -0.3 is 15.3 Å². The molecule has 0 aromatic heterocycles. The molecule has 0 bridgehead atoms. The fourth-order valence-electron chi connectivity index (χ4n) is 2.18. The molecule has 0 radical (unpaired) electrons. The maximum absolute atomic E-state index is 12.4. The minimum atomic E-state index is -0.918. The third-order valence-electron chi connectivity index (χ3n) is 3.88. The van der Waals surface area contributed by atoms with Crippen LogP contribution in [-0.4, -0.2) is 41.1 Å². The topological polar surface area (TPSA) is 69.6 Å². The van der Waals surface area contributed by atoms with Crippen molar-refractivity contribution in [3.05, 3.63) is 0 Å². The molecule has 2 N–H and O–H groups in total. The fraction of sp³-hybridized carbons (Fsp3) is 0.875. The van der Waals surface area contributed by atoms with Gasteiger partial charge in [-0.15, -0.1) is 0 Å². The molecule has 0 saturated heterocycles. The van der Waals surface area contributed by atoms with Crippen molar-refractivity contribution in [3.63, 3.8) is 0 Å². The number of rotatable bonds is 9. The van der Waals surface area contributed by atoms with E-state index in [-0.39, 0.29) is 11.9 Å². The SMILES string of the molecule is CC(C)CCN(CCC(C)C)C(=O)NC(C(=O)O)C1CC1. The quantitative estimate of drug-likeness (QED) is 0.687. The number of nitrogens with zero attached hydrogens (tertiary/aromatic N) is 1. The Balaban J connectivity index is 2.57. The zero-order valence-corrected chi connectivity index (χ0v) is 13.8. The van der Waals surface area contributed by atoms with Crippen LogP contribution in [0.4, 0.5) is 4.79 Å². The molecule has 2 amide bonds. The number of carbonyl (C=O) groups excluding carboxylic acids is 1. The molecule has 1 rings (SSSR count). The maximum Gasteiger partial charge on any atom is 0.326 e. The number of hydrogen-bond acceptors (Lipinski definition) is 2. The largest absolute Gasteiger partial charge is 0.480 e. The van der Waals surface area contributed by atoms with Gasteiger partial charge in [0.25, 0.3) is 0 Å². The standard InChI is InChI=1S/C16H30N2O3/c1-11(2)7-9-18(10-8-12(3)4)16(21)17-14(15(19)20)13-5-6-13/h11-14H,5-10H2,1-4H3,(H,17,21)(H,19,20). The van der Waals surface area contributed by atoms with E-state index in [2.05, 4.69) is 33.0 Å². The smallest absolute Gasteiger partial charge is 0.326 e. The highest BCUT2D eigenvalue weighted by Crippen LogP contribution is 2.32. The number of urea groups is 1. The first-order valence-corrected chi connectivity index (χ1v) is 8.09. The Hall–Kier alpha value is -1.26. The van der Waals surface area contributed by atoms with Crippen molar-refractivity contribution in [1.29, 1.82) is 0 Å². The van der Waals surface area contributed by atoms with Crippen molar-refractivity contribution in [2.24, 2.45) is 17.8 Å². The third kappa shape index (κ3) is 6.82. The second kappa shape index (κ2) is 8.25. The molecule has 0 aromatic carbocycles. The number of hydrogen-bond donors (Lipinski definition) is 2. The third-order valence-corrected chi connectivity index (χ3v) is 3.88. The van der Waals surface area contributed by atoms with Gasteiger partial charge in [0.2, 0.25) is 0 Å². The minimum Gasteiger partial charge on any atom is -0.480 e. The highest BCUT2D eigenvalue weighted by molar-refractivity contribution is 5.83. The Bertz CT molecular complexity index is 339. The molecular formula is C16H30N2O3. The van der Waals surface area contributed by atoms with Crippen LogP contribution >= 0.6 is 0 Å². The second-order valence-electron chi connectivity index (χ2n) is 6.95. The summed E-state index contributed by atoms with van der Waals surface area (Å²) in [6.45, 7) is 9.89. The van der Waals surface area contributed by atoms with Gasteiger partial charge >= 0.3 is 12.0 Å². The van der Waals surface area contributed by atoms with Crippen molar-refractivity contribution < 1.29 is 14.7 Å². The first-order valence-electron chi connectivity index (χ1n) is 8.09. The van der Waals surface area contributed by atoms with E-state index in [1.807, 2.05) is 0 Å². The maximum atomic E-state index is 12.4. The summed E-state index contributed by atoms with van der Waals surface area (Å²) in [5.74, 6) is 0.248. The van der Waals surface area contributed by atoms with Gasteiger partial charge in [-0.2, -0.15) is 0 Å². The first kappa shape index (κ1) is 17.8. The van der Waals surface area contributed by atoms with Crippen LogP contribution in [0.5, 0.6) is 0 Å². The van der Waals surface area contributed by atoms with E-state index in [4.69, 9.17) is 0 Å². The number of nitrogens with one attached hydrogen (secondary N) is 1. The van der Waals surface area contributed by atoms with E-state index < -0.39 is 12.0 Å². The lowest BCUT2D eigenvalue weighted by Crippen LogP contribution is -2.49. The van der Waals surface area contributed by atoms with Crippen molar-refractivity contribution in [3.8, 4) is 0 Å². The molecular weight excluding hydrogens is 268 g/mol. The summed E-state index contributed by atoms with van der Waals surface area (Å²) in [6, 6.07) is -0.950. The summed E-state index contributed by atoms with van der Waals surface area (Å²) >= 11 is 0. The van der Waals surface area contributed by atoms with Crippen LogP contribution in [0.25, 0.3) is 0 Å². The summed E-state index contributed by atoms with van der Waals surface area (Å²) in [5.41, 5.74) is 0. The Morgan fingerprint density at radius 3 is 1.90 bits per heavy atom. The molecule has 5 heteroatoms. The van der Waals surface area contributed by atoms with E-state index in [0.717, 1.165) is 25.7 Å². The number of aliphatic carboxylic acids is 1. The van der Waals surface area contributed by atoms with Gasteiger partial charge in [0.15, 0.2) is 0 Å². The minimum absolute atomic E-state index is 0.114. The zero-order valence-electron chi connectivity index (χ0n) is 13.8. The van der Waals surface area contributed by atoms with E-state index in [1.54, 1.807) is 4.90 Å². The second-order valence-corrected chi connectivity index (χ2v) is 6.95. The molecule has 21 heavy (non-hydrogen) atoms. The predicted octanol–water partition coefficient (Wildman–Crippen LogP) is 2.95. The molecule has 1 atom stereocenters. The lowest BCUT2D eigenvalue weighted by Gasteiger charge is -2.26. The van der Waals surface area contributed by atoms with Crippen molar-refractivity contribution in [1.82, 2.24) is 10.2 Å². The van der Waals surface area contributed by atoms with Crippen LogP contribution in [0.1, 0.15) is 53.4 Å². The van der Waals surface area contributed by atoms with Crippen LogP contribution in [0.2, 0.25) is 0 Å². The highest BCUT2D eigenvalue weighted by atomic mass is 16.4.